The Morgan fingerprint density at radius 1 is 1.11 bits per heavy atom. The van der Waals surface area contributed by atoms with Gasteiger partial charge in [-0.05, 0) is 30.5 Å². The molecule has 2 atom stereocenters. The number of hydrogen-bond acceptors (Lipinski definition) is 4. The Bertz CT molecular complexity index is 789. The number of ether oxygens (including phenoxy) is 2. The molecule has 1 saturated heterocycles. The molecule has 2 aliphatic rings. The van der Waals surface area contributed by atoms with Crippen LogP contribution in [0.1, 0.15) is 37.3 Å². The molecule has 1 heterocycles. The summed E-state index contributed by atoms with van der Waals surface area (Å²) in [4.78, 5) is 15.7. The maximum atomic E-state index is 13.2. The topological polar surface area (TPSA) is 50.8 Å². The van der Waals surface area contributed by atoms with E-state index in [2.05, 4.69) is 22.3 Å². The lowest BCUT2D eigenvalue weighted by Crippen LogP contribution is -2.53. The molecule has 1 amide bonds. The molecule has 1 aliphatic carbocycles. The predicted molar refractivity (Wildman–Crippen MR) is 110 cm³/mol. The molecule has 1 aliphatic heterocycles. The average Bonchev–Trinajstić information content (AvgIpc) is 3.29. The summed E-state index contributed by atoms with van der Waals surface area (Å²) in [7, 11) is 1.62. The van der Waals surface area contributed by atoms with Crippen LogP contribution in [0.25, 0.3) is 0 Å². The number of nitrogens with one attached hydrogen (secondary N) is 1. The van der Waals surface area contributed by atoms with Gasteiger partial charge in [-0.15, -0.1) is 0 Å². The van der Waals surface area contributed by atoms with Crippen molar-refractivity contribution in [3.8, 4) is 5.75 Å². The Labute approximate surface area is 166 Å². The van der Waals surface area contributed by atoms with Gasteiger partial charge in [0.15, 0.2) is 6.10 Å². The molecule has 2 aromatic rings. The first-order chi connectivity index (χ1) is 13.8. The fourth-order valence-corrected chi connectivity index (χ4v) is 4.48. The van der Waals surface area contributed by atoms with Crippen molar-refractivity contribution in [1.82, 2.24) is 4.90 Å². The monoisotopic (exact) mass is 380 g/mol. The highest BCUT2D eigenvalue weighted by molar-refractivity contribution is 5.95. The van der Waals surface area contributed by atoms with Crippen LogP contribution >= 0.6 is 0 Å². The van der Waals surface area contributed by atoms with E-state index in [0.29, 0.717) is 12.6 Å². The largest absolute Gasteiger partial charge is 0.497 e. The summed E-state index contributed by atoms with van der Waals surface area (Å²) in [5.74, 6) is 0.611. The zero-order valence-corrected chi connectivity index (χ0v) is 16.3. The number of methoxy groups -OCH3 is 1. The molecule has 2 aromatic carbocycles. The van der Waals surface area contributed by atoms with E-state index in [0.717, 1.165) is 23.5 Å². The van der Waals surface area contributed by atoms with Crippen LogP contribution in [0.5, 0.6) is 5.75 Å². The lowest BCUT2D eigenvalue weighted by atomic mass is 9.95. The Morgan fingerprint density at radius 3 is 2.64 bits per heavy atom. The van der Waals surface area contributed by atoms with Crippen LogP contribution in [0, 0.1) is 0 Å². The van der Waals surface area contributed by atoms with Gasteiger partial charge in [-0.3, -0.25) is 9.69 Å². The van der Waals surface area contributed by atoms with Crippen molar-refractivity contribution in [3.05, 3.63) is 60.2 Å². The third kappa shape index (κ3) is 4.05. The van der Waals surface area contributed by atoms with Gasteiger partial charge >= 0.3 is 0 Å². The smallest absolute Gasteiger partial charge is 0.255 e. The van der Waals surface area contributed by atoms with Crippen LogP contribution in [0.4, 0.5) is 5.69 Å². The molecule has 148 valence electrons. The van der Waals surface area contributed by atoms with Crippen LogP contribution < -0.4 is 10.1 Å². The number of amides is 1. The molecular formula is C23H28N2O3. The summed E-state index contributed by atoms with van der Waals surface area (Å²) in [6, 6.07) is 18.2. The van der Waals surface area contributed by atoms with Gasteiger partial charge in [-0.2, -0.15) is 0 Å². The van der Waals surface area contributed by atoms with Gasteiger partial charge < -0.3 is 14.8 Å². The maximum absolute atomic E-state index is 13.2. The number of anilines is 1. The second kappa shape index (κ2) is 8.76. The van der Waals surface area contributed by atoms with Crippen molar-refractivity contribution in [2.24, 2.45) is 0 Å². The third-order valence-electron chi connectivity index (χ3n) is 5.82. The van der Waals surface area contributed by atoms with Gasteiger partial charge in [-0.1, -0.05) is 49.2 Å². The van der Waals surface area contributed by atoms with Crippen molar-refractivity contribution in [1.29, 1.82) is 0 Å². The highest BCUT2D eigenvalue weighted by Crippen LogP contribution is 2.36. The molecule has 1 N–H and O–H groups in total. The molecule has 1 saturated carbocycles. The summed E-state index contributed by atoms with van der Waals surface area (Å²) in [6.45, 7) is 1.45. The summed E-state index contributed by atoms with van der Waals surface area (Å²) >= 11 is 0. The molecule has 5 nitrogen and oxygen atoms in total. The Hall–Kier alpha value is -2.37. The molecule has 0 radical (unpaired) electrons. The number of carbonyl (C=O) groups is 1. The van der Waals surface area contributed by atoms with E-state index in [1.165, 1.54) is 25.7 Å². The molecule has 2 fully saturated rings. The van der Waals surface area contributed by atoms with Gasteiger partial charge in [0, 0.05) is 24.3 Å². The van der Waals surface area contributed by atoms with Crippen LogP contribution in [-0.2, 0) is 9.53 Å². The maximum Gasteiger partial charge on any atom is 0.255 e. The second-order valence-corrected chi connectivity index (χ2v) is 7.54. The lowest BCUT2D eigenvalue weighted by Gasteiger charge is -2.44. The summed E-state index contributed by atoms with van der Waals surface area (Å²) < 4.78 is 11.3. The molecule has 0 bridgehead atoms. The first-order valence-electron chi connectivity index (χ1n) is 10.1. The molecule has 5 heteroatoms. The highest BCUT2D eigenvalue weighted by Gasteiger charge is 2.41. The number of benzene rings is 2. The Morgan fingerprint density at radius 2 is 1.89 bits per heavy atom. The summed E-state index contributed by atoms with van der Waals surface area (Å²) in [5, 5.41) is 3.03. The molecular weight excluding hydrogens is 352 g/mol. The van der Waals surface area contributed by atoms with E-state index in [-0.39, 0.29) is 11.9 Å². The van der Waals surface area contributed by atoms with Crippen molar-refractivity contribution in [2.45, 2.75) is 43.9 Å². The molecule has 0 aromatic heterocycles. The Kier molecular flexibility index (Phi) is 5.93. The van der Waals surface area contributed by atoms with E-state index in [4.69, 9.17) is 9.47 Å². The zero-order chi connectivity index (χ0) is 19.3. The minimum Gasteiger partial charge on any atom is -0.497 e. The minimum atomic E-state index is -0.539. The molecule has 4 rings (SSSR count). The summed E-state index contributed by atoms with van der Waals surface area (Å²) in [5.41, 5.74) is 1.86. The zero-order valence-electron chi connectivity index (χ0n) is 16.3. The predicted octanol–water partition coefficient (Wildman–Crippen LogP) is 4.02. The lowest BCUT2D eigenvalue weighted by molar-refractivity contribution is -0.143. The van der Waals surface area contributed by atoms with E-state index in [1.54, 1.807) is 7.11 Å². The number of nitrogens with zero attached hydrogens (tertiary/aromatic N) is 1. The fourth-order valence-electron chi connectivity index (χ4n) is 4.48. The van der Waals surface area contributed by atoms with Crippen LogP contribution in [0.3, 0.4) is 0 Å². The second-order valence-electron chi connectivity index (χ2n) is 7.54. The quantitative estimate of drug-likeness (QED) is 0.851. The normalized spacial score (nSPS) is 23.5. The van der Waals surface area contributed by atoms with Gasteiger partial charge in [-0.25, -0.2) is 0 Å². The fraction of sp³-hybridized carbons (Fsp3) is 0.435. The number of hydrogen-bond donors (Lipinski definition) is 1. The summed E-state index contributed by atoms with van der Waals surface area (Å²) in [6.07, 6.45) is 4.40. The van der Waals surface area contributed by atoms with Gasteiger partial charge in [0.25, 0.3) is 5.91 Å². The van der Waals surface area contributed by atoms with Crippen molar-refractivity contribution in [3.63, 3.8) is 0 Å². The van der Waals surface area contributed by atoms with E-state index < -0.39 is 6.10 Å². The van der Waals surface area contributed by atoms with Crippen LogP contribution in [0.2, 0.25) is 0 Å². The van der Waals surface area contributed by atoms with Crippen molar-refractivity contribution < 1.29 is 14.3 Å². The van der Waals surface area contributed by atoms with E-state index in [9.17, 15) is 4.79 Å². The number of carbonyl (C=O) groups excluding carboxylic acids is 1. The van der Waals surface area contributed by atoms with Gasteiger partial charge in [0.1, 0.15) is 5.75 Å². The first-order valence-corrected chi connectivity index (χ1v) is 10.1. The average molecular weight is 380 g/mol. The van der Waals surface area contributed by atoms with Crippen molar-refractivity contribution >= 4 is 11.6 Å². The third-order valence-corrected chi connectivity index (χ3v) is 5.82. The standard InChI is InChI=1S/C23H28N2O3/c1-27-20-13-7-10-18(16-20)24-23(26)22-21(17-8-3-2-4-9-17)25(14-15-28-22)19-11-5-6-12-19/h2-4,7-10,13,16,19,21-22H,5-6,11-12,14-15H2,1H3,(H,24,26)/t21-,22+/m0/s1. The van der Waals surface area contributed by atoms with Crippen LogP contribution in [-0.4, -0.2) is 43.2 Å². The SMILES string of the molecule is COc1cccc(NC(=O)[C@@H]2OCCN(C3CCCC3)[C@H]2c2ccccc2)c1. The molecule has 0 unspecified atom stereocenters. The Balaban J connectivity index is 1.60. The van der Waals surface area contributed by atoms with E-state index in [1.807, 2.05) is 42.5 Å². The minimum absolute atomic E-state index is 0.0661. The molecule has 0 spiro atoms. The number of morpholine rings is 1. The van der Waals surface area contributed by atoms with Crippen molar-refractivity contribution in [2.75, 3.05) is 25.6 Å². The van der Waals surface area contributed by atoms with Gasteiger partial charge in [0.2, 0.25) is 0 Å². The highest BCUT2D eigenvalue weighted by atomic mass is 16.5. The van der Waals surface area contributed by atoms with Gasteiger partial charge in [0.05, 0.1) is 19.8 Å². The van der Waals surface area contributed by atoms with Crippen LogP contribution in [0.15, 0.2) is 54.6 Å². The van der Waals surface area contributed by atoms with E-state index >= 15 is 0 Å². The number of rotatable bonds is 5. The first kappa shape index (κ1) is 19.0. The molecule has 28 heavy (non-hydrogen) atoms.